The smallest absolute Gasteiger partial charge is 0.352 e. The van der Waals surface area contributed by atoms with Gasteiger partial charge in [0.2, 0.25) is 0 Å². The highest BCUT2D eigenvalue weighted by atomic mass is 79.9. The third kappa shape index (κ3) is 2.96. The number of hydrogen-bond acceptors (Lipinski definition) is 4. The minimum Gasteiger partial charge on any atom is -0.477 e. The lowest BCUT2D eigenvalue weighted by atomic mass is 10.0. The number of fused-ring (bicyclic) bond motifs is 1. The van der Waals surface area contributed by atoms with Gasteiger partial charge in [-0.15, -0.1) is 28.7 Å². The van der Waals surface area contributed by atoms with Gasteiger partial charge in [0.1, 0.15) is 11.1 Å². The first kappa shape index (κ1) is 17.7. The molecule has 20 heavy (non-hydrogen) atoms. The van der Waals surface area contributed by atoms with E-state index < -0.39 is 12.0 Å². The molecule has 0 saturated carbocycles. The van der Waals surface area contributed by atoms with Crippen molar-refractivity contribution in [3.63, 3.8) is 0 Å². The molecule has 0 aromatic heterocycles. The number of nitrogens with zero attached hydrogens (tertiary/aromatic N) is 2. The van der Waals surface area contributed by atoms with Gasteiger partial charge >= 0.3 is 5.97 Å². The van der Waals surface area contributed by atoms with E-state index in [0.717, 1.165) is 11.3 Å². The van der Waals surface area contributed by atoms with Crippen LogP contribution in [-0.2, 0) is 9.59 Å². The van der Waals surface area contributed by atoms with E-state index in [1.165, 1.54) is 4.90 Å². The van der Waals surface area contributed by atoms with Crippen LogP contribution in [0.3, 0.4) is 0 Å². The number of hydrogen-bond donors (Lipinski definition) is 1. The molecule has 1 amide bonds. The monoisotopic (exact) mass is 426 g/mol. The van der Waals surface area contributed by atoms with E-state index >= 15 is 0 Å². The summed E-state index contributed by atoms with van der Waals surface area (Å²) in [7, 11) is 0. The summed E-state index contributed by atoms with van der Waals surface area (Å²) in [6.45, 7) is 5.54. The highest BCUT2D eigenvalue weighted by molar-refractivity contribution is 9.09. The molecular weight excluding hydrogens is 412 g/mol. The number of β-lactam (4-membered cyclic amide) rings is 1. The van der Waals surface area contributed by atoms with Crippen molar-refractivity contribution < 1.29 is 14.7 Å². The van der Waals surface area contributed by atoms with Crippen LogP contribution in [0.4, 0.5) is 0 Å². The van der Waals surface area contributed by atoms with Gasteiger partial charge in [0.25, 0.3) is 5.91 Å². The second-order valence-electron chi connectivity index (χ2n) is 4.73. The van der Waals surface area contributed by atoms with Gasteiger partial charge in [-0.1, -0.05) is 15.9 Å². The number of carboxylic acid groups (broad SMARTS) is 1. The van der Waals surface area contributed by atoms with E-state index in [-0.39, 0.29) is 38.8 Å². The summed E-state index contributed by atoms with van der Waals surface area (Å²) in [5, 5.41) is 9.17. The Labute approximate surface area is 140 Å². The largest absolute Gasteiger partial charge is 0.477 e. The van der Waals surface area contributed by atoms with Crippen LogP contribution in [0.15, 0.2) is 16.3 Å². The quantitative estimate of drug-likeness (QED) is 0.426. The standard InChI is InChI=1S/C12H15BrN2O3S.BrH/c1-5(2)14-8-10(16)15-9(12(17)18)7(6(3)13)4-19-11(8)15;/h6,8,11H,4H2,1-3H3,(H,17,18);1H/t6?,8-,11-;/m1./s1. The number of halogens is 2. The van der Waals surface area contributed by atoms with Crippen molar-refractivity contribution in [2.75, 3.05) is 5.75 Å². The van der Waals surface area contributed by atoms with Crippen LogP contribution in [0.1, 0.15) is 20.8 Å². The minimum absolute atomic E-state index is 0. The summed E-state index contributed by atoms with van der Waals surface area (Å²) >= 11 is 4.96. The number of rotatable bonds is 3. The van der Waals surface area contributed by atoms with Crippen LogP contribution in [0.5, 0.6) is 0 Å². The van der Waals surface area contributed by atoms with Crippen LogP contribution < -0.4 is 0 Å². The van der Waals surface area contributed by atoms with Crippen LogP contribution >= 0.6 is 44.7 Å². The maximum atomic E-state index is 12.1. The van der Waals surface area contributed by atoms with E-state index in [9.17, 15) is 14.7 Å². The lowest BCUT2D eigenvalue weighted by Gasteiger charge is -2.48. The molecular formula is C12H16Br2N2O3S. The molecule has 2 aliphatic heterocycles. The molecule has 2 rings (SSSR count). The fourth-order valence-corrected chi connectivity index (χ4v) is 4.24. The van der Waals surface area contributed by atoms with Crippen molar-refractivity contribution in [1.82, 2.24) is 4.90 Å². The normalized spacial score (nSPS) is 26.2. The Bertz CT molecular complexity index is 501. The predicted octanol–water partition coefficient (Wildman–Crippen LogP) is 2.45. The SMILES string of the molecule is Br.CC(C)=N[C@@H]1C(=O)N2C(C(=O)O)=C(C(C)Br)CS[C@H]12. The van der Waals surface area contributed by atoms with Gasteiger partial charge in [-0.2, -0.15) is 0 Å². The summed E-state index contributed by atoms with van der Waals surface area (Å²) in [4.78, 5) is 29.1. The summed E-state index contributed by atoms with van der Waals surface area (Å²) < 4.78 is 0. The average molecular weight is 428 g/mol. The lowest BCUT2D eigenvalue weighted by Crippen LogP contribution is -2.64. The first-order chi connectivity index (χ1) is 8.84. The number of carboxylic acids is 1. The number of carbonyl (C=O) groups excluding carboxylic acids is 1. The number of amides is 1. The van der Waals surface area contributed by atoms with Gasteiger partial charge in [0, 0.05) is 16.3 Å². The molecule has 0 aromatic rings. The van der Waals surface area contributed by atoms with Gasteiger partial charge in [0.15, 0.2) is 6.04 Å². The van der Waals surface area contributed by atoms with Crippen LogP contribution in [0.25, 0.3) is 0 Å². The van der Waals surface area contributed by atoms with E-state index in [1.54, 1.807) is 11.8 Å². The zero-order valence-corrected chi connectivity index (χ0v) is 15.4. The molecule has 0 radical (unpaired) electrons. The van der Waals surface area contributed by atoms with E-state index in [4.69, 9.17) is 0 Å². The molecule has 2 heterocycles. The first-order valence-corrected chi connectivity index (χ1v) is 7.87. The minimum atomic E-state index is -1.05. The Morgan fingerprint density at radius 3 is 2.60 bits per heavy atom. The zero-order valence-electron chi connectivity index (χ0n) is 11.3. The second-order valence-corrected chi connectivity index (χ2v) is 7.20. The third-order valence-electron chi connectivity index (χ3n) is 3.05. The Morgan fingerprint density at radius 2 is 2.15 bits per heavy atom. The van der Waals surface area contributed by atoms with E-state index in [2.05, 4.69) is 20.9 Å². The van der Waals surface area contributed by atoms with Gasteiger partial charge in [-0.05, 0) is 26.3 Å². The predicted molar refractivity (Wildman–Crippen MR) is 89.0 cm³/mol. The van der Waals surface area contributed by atoms with Crippen molar-refractivity contribution in [2.45, 2.75) is 37.0 Å². The molecule has 1 saturated heterocycles. The molecule has 0 bridgehead atoms. The second kappa shape index (κ2) is 6.62. The molecule has 1 N–H and O–H groups in total. The molecule has 5 nitrogen and oxygen atoms in total. The number of thioether (sulfide) groups is 1. The molecule has 8 heteroatoms. The average Bonchev–Trinajstić information content (AvgIpc) is 2.33. The fraction of sp³-hybridized carbons (Fsp3) is 0.583. The van der Waals surface area contributed by atoms with Crippen molar-refractivity contribution >= 4 is 62.3 Å². The molecule has 1 unspecified atom stereocenters. The molecule has 3 atom stereocenters. The van der Waals surface area contributed by atoms with Gasteiger partial charge in [-0.3, -0.25) is 14.7 Å². The number of aliphatic imine (C=N–C) groups is 1. The molecule has 0 aliphatic carbocycles. The van der Waals surface area contributed by atoms with Crippen molar-refractivity contribution in [1.29, 1.82) is 0 Å². The summed E-state index contributed by atoms with van der Waals surface area (Å²) in [6.07, 6.45) is 0. The van der Waals surface area contributed by atoms with Crippen LogP contribution in [0, 0.1) is 0 Å². The molecule has 112 valence electrons. The van der Waals surface area contributed by atoms with Crippen molar-refractivity contribution in [3.8, 4) is 0 Å². The zero-order chi connectivity index (χ0) is 14.3. The third-order valence-corrected chi connectivity index (χ3v) is 4.89. The Kier molecular flexibility index (Phi) is 5.86. The van der Waals surface area contributed by atoms with Gasteiger partial charge < -0.3 is 5.11 Å². The van der Waals surface area contributed by atoms with Gasteiger partial charge in [0.05, 0.1) is 0 Å². The van der Waals surface area contributed by atoms with E-state index in [0.29, 0.717) is 5.75 Å². The molecule has 0 aromatic carbocycles. The Hall–Kier alpha value is -0.340. The number of carbonyl (C=O) groups is 2. The van der Waals surface area contributed by atoms with E-state index in [1.807, 2.05) is 20.8 Å². The Morgan fingerprint density at radius 1 is 1.55 bits per heavy atom. The van der Waals surface area contributed by atoms with Crippen molar-refractivity contribution in [3.05, 3.63) is 11.3 Å². The molecule has 1 fully saturated rings. The Balaban J connectivity index is 0.00000200. The highest BCUT2D eigenvalue weighted by Crippen LogP contribution is 2.43. The maximum Gasteiger partial charge on any atom is 0.352 e. The molecule has 0 spiro atoms. The fourth-order valence-electron chi connectivity index (χ4n) is 2.19. The maximum absolute atomic E-state index is 12.1. The summed E-state index contributed by atoms with van der Waals surface area (Å²) in [5.41, 5.74) is 1.70. The van der Waals surface area contributed by atoms with Crippen molar-refractivity contribution in [2.24, 2.45) is 4.99 Å². The lowest BCUT2D eigenvalue weighted by molar-refractivity contribution is -0.147. The number of alkyl halides is 1. The van der Waals surface area contributed by atoms with Gasteiger partial charge in [-0.25, -0.2) is 4.79 Å². The summed E-state index contributed by atoms with van der Waals surface area (Å²) in [6, 6.07) is -0.434. The highest BCUT2D eigenvalue weighted by Gasteiger charge is 2.53. The first-order valence-electron chi connectivity index (χ1n) is 5.90. The van der Waals surface area contributed by atoms with Crippen LogP contribution in [0.2, 0.25) is 0 Å². The number of aliphatic carboxylic acids is 1. The summed E-state index contributed by atoms with van der Waals surface area (Å²) in [5.74, 6) is -0.658. The topological polar surface area (TPSA) is 70.0 Å². The van der Waals surface area contributed by atoms with Crippen LogP contribution in [-0.4, -0.2) is 49.6 Å². The molecule has 2 aliphatic rings.